The highest BCUT2D eigenvalue weighted by Crippen LogP contribution is 2.41. The van der Waals surface area contributed by atoms with Crippen molar-refractivity contribution >= 4 is 40.9 Å². The third-order valence-electron chi connectivity index (χ3n) is 4.08. The van der Waals surface area contributed by atoms with Gasteiger partial charge in [-0.25, -0.2) is 4.79 Å². The summed E-state index contributed by atoms with van der Waals surface area (Å²) >= 11 is 2.96. The van der Waals surface area contributed by atoms with E-state index in [0.29, 0.717) is 18.1 Å². The lowest BCUT2D eigenvalue weighted by Gasteiger charge is -2.49. The maximum atomic E-state index is 12.8. The molecule has 3 rings (SSSR count). The number of amides is 2. The second kappa shape index (κ2) is 8.16. The zero-order valence-corrected chi connectivity index (χ0v) is 17.9. The zero-order valence-electron chi connectivity index (χ0n) is 16.3. The number of thiophene rings is 1. The smallest absolute Gasteiger partial charge is 0.359 e. The summed E-state index contributed by atoms with van der Waals surface area (Å²) in [5, 5.41) is 4.36. The minimum absolute atomic E-state index is 0.147. The van der Waals surface area contributed by atoms with Crippen LogP contribution in [0.5, 0.6) is 0 Å². The number of carbonyl (C=O) groups excluding carboxylic acids is 3. The van der Waals surface area contributed by atoms with Crippen LogP contribution in [0.4, 0.5) is 0 Å². The Hall–Kier alpha value is -2.00. The second-order valence-electron chi connectivity index (χ2n) is 7.42. The van der Waals surface area contributed by atoms with Crippen molar-refractivity contribution in [3.63, 3.8) is 0 Å². The molecule has 0 aliphatic carbocycles. The summed E-state index contributed by atoms with van der Waals surface area (Å²) in [6, 6.07) is 3.11. The van der Waals surface area contributed by atoms with Gasteiger partial charge in [-0.2, -0.15) is 0 Å². The number of β-lactam (4-membered cyclic amide) rings is 1. The van der Waals surface area contributed by atoms with Gasteiger partial charge in [-0.15, -0.1) is 23.1 Å². The molecule has 1 saturated heterocycles. The van der Waals surface area contributed by atoms with Gasteiger partial charge in [0.15, 0.2) is 5.70 Å². The summed E-state index contributed by atoms with van der Waals surface area (Å²) in [6.07, 6.45) is 0.234. The van der Waals surface area contributed by atoms with Gasteiger partial charge in [0, 0.05) is 4.88 Å². The molecule has 2 aliphatic heterocycles. The molecule has 2 atom stereocenters. The van der Waals surface area contributed by atoms with Gasteiger partial charge in [0.05, 0.1) is 18.8 Å². The predicted molar refractivity (Wildman–Crippen MR) is 108 cm³/mol. The predicted octanol–water partition coefficient (Wildman–Crippen LogP) is 2.28. The number of rotatable bonds is 6. The first-order valence-electron chi connectivity index (χ1n) is 9.07. The normalized spacial score (nSPS) is 21.7. The summed E-state index contributed by atoms with van der Waals surface area (Å²) in [7, 11) is 0. The molecule has 0 spiro atoms. The topological polar surface area (TPSA) is 84.9 Å². The van der Waals surface area contributed by atoms with Gasteiger partial charge in [0.25, 0.3) is 5.91 Å². The molecule has 9 heteroatoms. The van der Waals surface area contributed by atoms with Crippen LogP contribution < -0.4 is 5.32 Å². The van der Waals surface area contributed by atoms with Crippen molar-refractivity contribution in [1.82, 2.24) is 10.2 Å². The Kier molecular flexibility index (Phi) is 6.04. The van der Waals surface area contributed by atoms with E-state index < -0.39 is 17.6 Å². The van der Waals surface area contributed by atoms with E-state index in [0.717, 1.165) is 4.88 Å². The van der Waals surface area contributed by atoms with Crippen LogP contribution in [0, 0.1) is 0 Å². The van der Waals surface area contributed by atoms with Gasteiger partial charge >= 0.3 is 5.97 Å². The van der Waals surface area contributed by atoms with E-state index in [4.69, 9.17) is 9.47 Å². The van der Waals surface area contributed by atoms with Crippen molar-refractivity contribution in [2.45, 2.75) is 51.1 Å². The van der Waals surface area contributed by atoms with E-state index in [9.17, 15) is 14.4 Å². The highest BCUT2D eigenvalue weighted by atomic mass is 32.2. The van der Waals surface area contributed by atoms with E-state index in [1.165, 1.54) is 28.0 Å². The Morgan fingerprint density at radius 1 is 1.36 bits per heavy atom. The number of hydrogen-bond acceptors (Lipinski definition) is 7. The van der Waals surface area contributed by atoms with Crippen LogP contribution in [0.25, 0.3) is 0 Å². The molecule has 1 fully saturated rings. The molecule has 0 bridgehead atoms. The van der Waals surface area contributed by atoms with Crippen LogP contribution in [-0.4, -0.2) is 52.1 Å². The van der Waals surface area contributed by atoms with Gasteiger partial charge in [-0.1, -0.05) is 6.07 Å². The molecule has 152 valence electrons. The summed E-state index contributed by atoms with van der Waals surface area (Å²) in [6.45, 7) is 7.52. The first kappa shape index (κ1) is 20.7. The Labute approximate surface area is 172 Å². The minimum Gasteiger partial charge on any atom is -0.495 e. The molecular formula is C19H24N2O5S2. The highest BCUT2D eigenvalue weighted by Gasteiger charge is 2.55. The molecule has 0 aromatic carbocycles. The van der Waals surface area contributed by atoms with Gasteiger partial charge < -0.3 is 14.8 Å². The molecule has 1 unspecified atom stereocenters. The molecule has 0 saturated carbocycles. The molecule has 1 aromatic heterocycles. The third kappa shape index (κ3) is 4.35. The lowest BCUT2D eigenvalue weighted by atomic mass is 10.0. The second-order valence-corrected chi connectivity index (χ2v) is 9.56. The molecule has 1 aromatic rings. The number of fused-ring (bicyclic) bond motifs is 1. The molecule has 0 radical (unpaired) electrons. The molecule has 1 N–H and O–H groups in total. The van der Waals surface area contributed by atoms with E-state index in [2.05, 4.69) is 5.32 Å². The van der Waals surface area contributed by atoms with Crippen LogP contribution in [0.2, 0.25) is 0 Å². The summed E-state index contributed by atoms with van der Waals surface area (Å²) in [4.78, 5) is 40.1. The van der Waals surface area contributed by atoms with Crippen molar-refractivity contribution < 1.29 is 23.9 Å². The van der Waals surface area contributed by atoms with Crippen molar-refractivity contribution in [1.29, 1.82) is 0 Å². The summed E-state index contributed by atoms with van der Waals surface area (Å²) < 4.78 is 11.1. The Balaban J connectivity index is 1.74. The quantitative estimate of drug-likeness (QED) is 0.557. The Morgan fingerprint density at radius 2 is 2.11 bits per heavy atom. The van der Waals surface area contributed by atoms with Crippen LogP contribution in [0.1, 0.15) is 32.6 Å². The summed E-state index contributed by atoms with van der Waals surface area (Å²) in [5.74, 6) is -0.240. The summed E-state index contributed by atoms with van der Waals surface area (Å²) in [5.41, 5.74) is -0.543. The fraction of sp³-hybridized carbons (Fsp3) is 0.526. The lowest BCUT2D eigenvalue weighted by Crippen LogP contribution is -2.70. The fourth-order valence-electron chi connectivity index (χ4n) is 2.99. The molecule has 7 nitrogen and oxygen atoms in total. The minimum atomic E-state index is -0.691. The highest BCUT2D eigenvalue weighted by molar-refractivity contribution is 8.00. The molecule has 2 amide bonds. The number of ether oxygens (including phenoxy) is 2. The fourth-order valence-corrected chi connectivity index (χ4v) is 4.97. The number of nitrogens with zero attached hydrogens (tertiary/aromatic N) is 1. The largest absolute Gasteiger partial charge is 0.495 e. The molecule has 28 heavy (non-hydrogen) atoms. The SMILES string of the molecule is CCOC1=C(C(=O)OC(C)(C)C)N2C(=O)C(NC(=O)Cc3cccs3)[C@@H]2SC1. The number of carbonyl (C=O) groups is 3. The number of nitrogens with one attached hydrogen (secondary N) is 1. The third-order valence-corrected chi connectivity index (χ3v) is 6.21. The standard InChI is InChI=1S/C19H24N2O5S2/c1-5-25-12-10-28-17-14(20-13(22)9-11-7-6-8-27-11)16(23)21(17)15(12)18(24)26-19(2,3)4/h6-8,14,17H,5,9-10H2,1-4H3,(H,20,22)/t14?,17-/m0/s1. The monoisotopic (exact) mass is 424 g/mol. The maximum Gasteiger partial charge on any atom is 0.359 e. The van der Waals surface area contributed by atoms with Gasteiger partial charge in [0.2, 0.25) is 5.91 Å². The average molecular weight is 425 g/mol. The van der Waals surface area contributed by atoms with Gasteiger partial charge in [0.1, 0.15) is 22.8 Å². The average Bonchev–Trinajstić information content (AvgIpc) is 3.10. The lowest BCUT2D eigenvalue weighted by molar-refractivity contribution is -0.159. The van der Waals surface area contributed by atoms with Crippen molar-refractivity contribution in [2.75, 3.05) is 12.4 Å². The van der Waals surface area contributed by atoms with E-state index in [-0.39, 0.29) is 29.3 Å². The van der Waals surface area contributed by atoms with Crippen LogP contribution in [0.15, 0.2) is 29.0 Å². The molecule has 2 aliphatic rings. The van der Waals surface area contributed by atoms with Crippen molar-refractivity contribution in [2.24, 2.45) is 0 Å². The van der Waals surface area contributed by atoms with Crippen LogP contribution >= 0.6 is 23.1 Å². The van der Waals surface area contributed by atoms with E-state index >= 15 is 0 Å². The van der Waals surface area contributed by atoms with Gasteiger partial charge in [-0.3, -0.25) is 14.5 Å². The first-order valence-corrected chi connectivity index (χ1v) is 11.0. The van der Waals surface area contributed by atoms with E-state index in [1.807, 2.05) is 24.4 Å². The number of esters is 1. The van der Waals surface area contributed by atoms with Crippen LogP contribution in [-0.2, 0) is 30.3 Å². The van der Waals surface area contributed by atoms with Crippen molar-refractivity contribution in [3.8, 4) is 0 Å². The number of thioether (sulfide) groups is 1. The van der Waals surface area contributed by atoms with Crippen LogP contribution in [0.3, 0.4) is 0 Å². The number of hydrogen-bond donors (Lipinski definition) is 1. The Morgan fingerprint density at radius 3 is 2.71 bits per heavy atom. The zero-order chi connectivity index (χ0) is 20.5. The Bertz CT molecular complexity index is 798. The molecular weight excluding hydrogens is 400 g/mol. The van der Waals surface area contributed by atoms with E-state index in [1.54, 1.807) is 20.8 Å². The maximum absolute atomic E-state index is 12.8. The van der Waals surface area contributed by atoms with Gasteiger partial charge in [-0.05, 0) is 39.1 Å². The molecule has 3 heterocycles. The van der Waals surface area contributed by atoms with Crippen molar-refractivity contribution in [3.05, 3.63) is 33.8 Å². The first-order chi connectivity index (χ1) is 13.2.